The lowest BCUT2D eigenvalue weighted by molar-refractivity contribution is 0.267. The maximum atomic E-state index is 13.1. The Hall–Kier alpha value is -4.03. The third kappa shape index (κ3) is 5.87. The molecule has 5 rings (SSSR count). The van der Waals surface area contributed by atoms with E-state index in [-0.39, 0.29) is 11.2 Å². The Labute approximate surface area is 217 Å². The van der Waals surface area contributed by atoms with Gasteiger partial charge in [-0.2, -0.15) is 0 Å². The zero-order valence-corrected chi connectivity index (χ0v) is 21.0. The van der Waals surface area contributed by atoms with Crippen LogP contribution < -0.4 is 20.5 Å². The Morgan fingerprint density at radius 1 is 0.811 bits per heavy atom. The Kier molecular flexibility index (Phi) is 7.57. The highest BCUT2D eigenvalue weighted by Crippen LogP contribution is 2.32. The van der Waals surface area contributed by atoms with E-state index in [0.717, 1.165) is 35.8 Å². The van der Waals surface area contributed by atoms with Gasteiger partial charge in [-0.25, -0.2) is 4.79 Å². The minimum Gasteiger partial charge on any atom is -0.492 e. The van der Waals surface area contributed by atoms with Gasteiger partial charge >= 0.3 is 5.69 Å². The van der Waals surface area contributed by atoms with Crippen LogP contribution in [0.25, 0.3) is 11.4 Å². The van der Waals surface area contributed by atoms with Crippen LogP contribution in [-0.2, 0) is 0 Å². The number of benzene rings is 3. The first-order valence-electron chi connectivity index (χ1n) is 12.9. The van der Waals surface area contributed by atoms with Crippen molar-refractivity contribution in [3.8, 4) is 28.6 Å². The van der Waals surface area contributed by atoms with Crippen LogP contribution in [0.2, 0.25) is 0 Å². The first-order chi connectivity index (χ1) is 18.2. The van der Waals surface area contributed by atoms with Crippen LogP contribution in [-0.4, -0.2) is 27.8 Å². The fourth-order valence-corrected chi connectivity index (χ4v) is 5.04. The van der Waals surface area contributed by atoms with Crippen molar-refractivity contribution < 1.29 is 9.47 Å². The molecule has 1 aliphatic rings. The molecule has 0 bridgehead atoms. The van der Waals surface area contributed by atoms with Crippen molar-refractivity contribution in [1.29, 1.82) is 0 Å². The van der Waals surface area contributed by atoms with Gasteiger partial charge in [-0.05, 0) is 79.9 Å². The van der Waals surface area contributed by atoms with Gasteiger partial charge in [0, 0.05) is 24.5 Å². The molecule has 6 heteroatoms. The van der Waals surface area contributed by atoms with E-state index in [9.17, 15) is 4.79 Å². The van der Waals surface area contributed by atoms with E-state index in [1.165, 1.54) is 25.7 Å². The Morgan fingerprint density at radius 3 is 1.97 bits per heavy atom. The molecule has 1 heterocycles. The highest BCUT2D eigenvalue weighted by Gasteiger charge is 2.31. The third-order valence-electron chi connectivity index (χ3n) is 6.95. The monoisotopic (exact) mass is 495 g/mol. The first-order valence-corrected chi connectivity index (χ1v) is 12.9. The second-order valence-electron chi connectivity index (χ2n) is 9.48. The van der Waals surface area contributed by atoms with E-state index in [0.29, 0.717) is 12.4 Å². The van der Waals surface area contributed by atoms with E-state index < -0.39 is 0 Å². The SMILES string of the molecule is C=CCC1(NCCOc2ccc(-n3ccn(-c4ccc(Oc5ccccc5)cc4)c3=O)cc2)CCCC1. The number of hydrogen-bond donors (Lipinski definition) is 1. The second-order valence-corrected chi connectivity index (χ2v) is 9.48. The molecule has 6 nitrogen and oxygen atoms in total. The third-order valence-corrected chi connectivity index (χ3v) is 6.95. The summed E-state index contributed by atoms with van der Waals surface area (Å²) < 4.78 is 15.0. The molecular weight excluding hydrogens is 462 g/mol. The minimum atomic E-state index is -0.140. The fraction of sp³-hybridized carbons (Fsp3) is 0.258. The van der Waals surface area contributed by atoms with Crippen molar-refractivity contribution in [2.75, 3.05) is 13.2 Å². The van der Waals surface area contributed by atoms with Gasteiger partial charge in [-0.15, -0.1) is 6.58 Å². The summed E-state index contributed by atoms with van der Waals surface area (Å²) in [5, 5.41) is 3.69. The van der Waals surface area contributed by atoms with Crippen molar-refractivity contribution in [3.63, 3.8) is 0 Å². The van der Waals surface area contributed by atoms with Crippen LogP contribution in [0.1, 0.15) is 32.1 Å². The van der Waals surface area contributed by atoms with E-state index in [1.54, 1.807) is 21.5 Å². The minimum absolute atomic E-state index is 0.140. The molecule has 0 amide bonds. The summed E-state index contributed by atoms with van der Waals surface area (Å²) >= 11 is 0. The van der Waals surface area contributed by atoms with E-state index in [2.05, 4.69) is 11.9 Å². The first kappa shape index (κ1) is 24.7. The predicted molar refractivity (Wildman–Crippen MR) is 147 cm³/mol. The largest absolute Gasteiger partial charge is 0.492 e. The second kappa shape index (κ2) is 11.4. The van der Waals surface area contributed by atoms with Gasteiger partial charge in [0.25, 0.3) is 0 Å². The lowest BCUT2D eigenvalue weighted by Gasteiger charge is -2.29. The number of rotatable bonds is 11. The van der Waals surface area contributed by atoms with Crippen LogP contribution >= 0.6 is 0 Å². The van der Waals surface area contributed by atoms with Gasteiger partial charge in [-0.1, -0.05) is 37.1 Å². The maximum Gasteiger partial charge on any atom is 0.337 e. The van der Waals surface area contributed by atoms with Crippen molar-refractivity contribution in [1.82, 2.24) is 14.5 Å². The molecular formula is C31H33N3O3. The van der Waals surface area contributed by atoms with E-state index >= 15 is 0 Å². The standard InChI is InChI=1S/C31H33N3O3/c1-2-18-31(19-6-7-20-31)32-21-24-36-27-14-10-25(11-15-27)33-22-23-34(30(33)35)26-12-16-29(17-13-26)37-28-8-4-3-5-9-28/h2-5,8-17,22-23,32H,1,6-7,18-21,24H2. The van der Waals surface area contributed by atoms with Crippen LogP contribution in [0.5, 0.6) is 17.2 Å². The normalized spacial score (nSPS) is 14.4. The zero-order valence-electron chi connectivity index (χ0n) is 21.0. The highest BCUT2D eigenvalue weighted by molar-refractivity contribution is 5.41. The van der Waals surface area contributed by atoms with Gasteiger partial charge in [-0.3, -0.25) is 9.13 Å². The average molecular weight is 496 g/mol. The van der Waals surface area contributed by atoms with Crippen molar-refractivity contribution in [3.05, 3.63) is 114 Å². The Bertz CT molecular complexity index is 1350. The van der Waals surface area contributed by atoms with Gasteiger partial charge in [0.15, 0.2) is 0 Å². The molecule has 37 heavy (non-hydrogen) atoms. The molecule has 4 aromatic rings. The van der Waals surface area contributed by atoms with Crippen molar-refractivity contribution in [2.24, 2.45) is 0 Å². The number of imidazole rings is 1. The van der Waals surface area contributed by atoms with Gasteiger partial charge < -0.3 is 14.8 Å². The molecule has 0 radical (unpaired) electrons. The van der Waals surface area contributed by atoms with Crippen LogP contribution in [0.4, 0.5) is 0 Å². The van der Waals surface area contributed by atoms with E-state index in [1.807, 2.05) is 84.9 Å². The molecule has 1 fully saturated rings. The molecule has 0 aliphatic heterocycles. The summed E-state index contributed by atoms with van der Waals surface area (Å²) in [6, 6.07) is 24.7. The summed E-state index contributed by atoms with van der Waals surface area (Å²) in [5.74, 6) is 2.27. The Morgan fingerprint density at radius 2 is 1.38 bits per heavy atom. The molecule has 1 aromatic heterocycles. The average Bonchev–Trinajstić information content (AvgIpc) is 3.55. The van der Waals surface area contributed by atoms with Gasteiger partial charge in [0.2, 0.25) is 0 Å². The fourth-order valence-electron chi connectivity index (χ4n) is 5.04. The van der Waals surface area contributed by atoms with Gasteiger partial charge in [0.1, 0.15) is 23.9 Å². The number of aromatic nitrogens is 2. The molecule has 3 aromatic carbocycles. The molecule has 0 atom stereocenters. The lowest BCUT2D eigenvalue weighted by atomic mass is 9.93. The molecule has 1 aliphatic carbocycles. The number of hydrogen-bond acceptors (Lipinski definition) is 4. The summed E-state index contributed by atoms with van der Waals surface area (Å²) in [6.45, 7) is 5.31. The Balaban J connectivity index is 1.19. The molecule has 1 saturated carbocycles. The predicted octanol–water partition coefficient (Wildman–Crippen LogP) is 6.28. The number of para-hydroxylation sites is 1. The molecule has 190 valence electrons. The van der Waals surface area contributed by atoms with Crippen LogP contribution in [0.3, 0.4) is 0 Å². The molecule has 1 N–H and O–H groups in total. The van der Waals surface area contributed by atoms with Gasteiger partial charge in [0.05, 0.1) is 11.4 Å². The smallest absolute Gasteiger partial charge is 0.337 e. The molecule has 0 unspecified atom stereocenters. The maximum absolute atomic E-state index is 13.1. The van der Waals surface area contributed by atoms with Crippen LogP contribution in [0.15, 0.2) is 109 Å². The van der Waals surface area contributed by atoms with Crippen molar-refractivity contribution in [2.45, 2.75) is 37.6 Å². The summed E-state index contributed by atoms with van der Waals surface area (Å²) in [7, 11) is 0. The summed E-state index contributed by atoms with van der Waals surface area (Å²) in [4.78, 5) is 13.1. The molecule has 0 spiro atoms. The summed E-state index contributed by atoms with van der Waals surface area (Å²) in [6.07, 6.45) is 11.5. The quantitative estimate of drug-likeness (QED) is 0.197. The number of nitrogens with one attached hydrogen (secondary N) is 1. The number of nitrogens with zero attached hydrogens (tertiary/aromatic N) is 2. The number of ether oxygens (including phenoxy) is 2. The van der Waals surface area contributed by atoms with Crippen LogP contribution in [0, 0.1) is 0 Å². The highest BCUT2D eigenvalue weighted by atomic mass is 16.5. The van der Waals surface area contributed by atoms with E-state index in [4.69, 9.17) is 9.47 Å². The van der Waals surface area contributed by atoms with Crippen molar-refractivity contribution >= 4 is 0 Å². The summed E-state index contributed by atoms with van der Waals surface area (Å²) in [5.41, 5.74) is 1.61. The lowest BCUT2D eigenvalue weighted by Crippen LogP contribution is -2.44. The topological polar surface area (TPSA) is 57.4 Å². The molecule has 0 saturated heterocycles. The zero-order chi connectivity index (χ0) is 25.5.